The normalized spacial score (nSPS) is 34.8. The van der Waals surface area contributed by atoms with E-state index >= 15 is 0 Å². The number of ketones is 2. The van der Waals surface area contributed by atoms with Gasteiger partial charge in [-0.05, 0) is 68.9 Å². The molecule has 0 heterocycles. The first-order valence-electron chi connectivity index (χ1n) is 8.52. The summed E-state index contributed by atoms with van der Waals surface area (Å²) in [7, 11) is 0. The first kappa shape index (κ1) is 15.5. The first-order chi connectivity index (χ1) is 10.3. The number of hydrogen-bond acceptors (Lipinski definition) is 2. The molecule has 1 fully saturated rings. The lowest BCUT2D eigenvalue weighted by atomic mass is 9.58. The van der Waals surface area contributed by atoms with E-state index in [2.05, 4.69) is 33.8 Å². The van der Waals surface area contributed by atoms with Crippen molar-refractivity contribution < 1.29 is 9.59 Å². The molecule has 0 unspecified atom stereocenters. The molecule has 3 aliphatic carbocycles. The summed E-state index contributed by atoms with van der Waals surface area (Å²) in [6.07, 6.45) is 5.63. The molecule has 1 saturated carbocycles. The van der Waals surface area contributed by atoms with Crippen LogP contribution in [0.4, 0.5) is 0 Å². The molecular formula is C20H26O2. The van der Waals surface area contributed by atoms with E-state index in [1.54, 1.807) is 0 Å². The van der Waals surface area contributed by atoms with Crippen molar-refractivity contribution >= 4 is 11.6 Å². The predicted octanol–water partition coefficient (Wildman–Crippen LogP) is 4.42. The minimum atomic E-state index is -0.262. The van der Waals surface area contributed by atoms with Crippen LogP contribution in [0.3, 0.4) is 0 Å². The van der Waals surface area contributed by atoms with Crippen LogP contribution >= 0.6 is 0 Å². The van der Waals surface area contributed by atoms with Crippen LogP contribution in [0, 0.1) is 23.7 Å². The Labute approximate surface area is 133 Å². The van der Waals surface area contributed by atoms with Crippen LogP contribution in [0.5, 0.6) is 0 Å². The monoisotopic (exact) mass is 298 g/mol. The highest BCUT2D eigenvalue weighted by Crippen LogP contribution is 2.52. The van der Waals surface area contributed by atoms with Crippen molar-refractivity contribution in [3.63, 3.8) is 0 Å². The SMILES string of the molecule is CC(C)=C[C@H]1C2=C(C)C(=O)C(=O)C3=C2[C@H](CC[C@@H]3C)C[C@H]1C. The third kappa shape index (κ3) is 2.15. The van der Waals surface area contributed by atoms with Gasteiger partial charge < -0.3 is 0 Å². The third-order valence-corrected chi connectivity index (χ3v) is 5.74. The van der Waals surface area contributed by atoms with E-state index in [0.717, 1.165) is 24.8 Å². The molecule has 4 atom stereocenters. The molecule has 0 aromatic heterocycles. The van der Waals surface area contributed by atoms with Gasteiger partial charge in [-0.2, -0.15) is 0 Å². The molecule has 3 aliphatic rings. The fourth-order valence-electron chi connectivity index (χ4n) is 4.71. The van der Waals surface area contributed by atoms with Crippen molar-refractivity contribution in [3.8, 4) is 0 Å². The van der Waals surface area contributed by atoms with Crippen molar-refractivity contribution in [2.24, 2.45) is 23.7 Å². The topological polar surface area (TPSA) is 34.1 Å². The highest BCUT2D eigenvalue weighted by atomic mass is 16.2. The Balaban J connectivity index is 2.26. The Morgan fingerprint density at radius 2 is 1.68 bits per heavy atom. The maximum atomic E-state index is 12.6. The lowest BCUT2D eigenvalue weighted by molar-refractivity contribution is -0.132. The van der Waals surface area contributed by atoms with Crippen LogP contribution in [-0.4, -0.2) is 11.6 Å². The molecule has 0 radical (unpaired) electrons. The number of Topliss-reactive ketones (excluding diaryl/α,β-unsaturated/α-hetero) is 2. The van der Waals surface area contributed by atoms with Crippen molar-refractivity contribution in [2.75, 3.05) is 0 Å². The number of hydrogen-bond donors (Lipinski definition) is 0. The molecule has 0 N–H and O–H groups in total. The Morgan fingerprint density at radius 3 is 2.32 bits per heavy atom. The van der Waals surface area contributed by atoms with Gasteiger partial charge in [0.25, 0.3) is 0 Å². The van der Waals surface area contributed by atoms with Gasteiger partial charge in [-0.1, -0.05) is 25.5 Å². The molecule has 0 aromatic carbocycles. The second kappa shape index (κ2) is 5.33. The van der Waals surface area contributed by atoms with Crippen molar-refractivity contribution in [1.82, 2.24) is 0 Å². The van der Waals surface area contributed by atoms with E-state index in [1.807, 2.05) is 6.92 Å². The Morgan fingerprint density at radius 1 is 1.00 bits per heavy atom. The Hall–Kier alpha value is -1.44. The van der Waals surface area contributed by atoms with Crippen LogP contribution in [0.25, 0.3) is 0 Å². The lowest BCUT2D eigenvalue weighted by Crippen LogP contribution is -2.39. The minimum Gasteiger partial charge on any atom is -0.285 e. The summed E-state index contributed by atoms with van der Waals surface area (Å²) >= 11 is 0. The van der Waals surface area contributed by atoms with Crippen molar-refractivity contribution in [1.29, 1.82) is 0 Å². The van der Waals surface area contributed by atoms with E-state index in [4.69, 9.17) is 0 Å². The molecule has 0 amide bonds. The number of carbonyl (C=O) groups is 2. The largest absolute Gasteiger partial charge is 0.285 e. The van der Waals surface area contributed by atoms with Crippen LogP contribution in [-0.2, 0) is 9.59 Å². The van der Waals surface area contributed by atoms with E-state index in [1.165, 1.54) is 16.7 Å². The van der Waals surface area contributed by atoms with E-state index in [9.17, 15) is 9.59 Å². The van der Waals surface area contributed by atoms with Gasteiger partial charge in [0.1, 0.15) is 0 Å². The van der Waals surface area contributed by atoms with Gasteiger partial charge in [-0.15, -0.1) is 0 Å². The zero-order valence-corrected chi connectivity index (χ0v) is 14.3. The van der Waals surface area contributed by atoms with Gasteiger partial charge in [0, 0.05) is 17.1 Å². The standard InChI is InChI=1S/C20H26O2/c1-10(2)8-15-12(4)9-14-7-6-11(3)16-18(14)17(15)13(5)19(21)20(16)22/h8,11-12,14-15H,6-7,9H2,1-5H3/t11-,12+,14+,15+/m0/s1. The predicted molar refractivity (Wildman–Crippen MR) is 88.3 cm³/mol. The van der Waals surface area contributed by atoms with Gasteiger partial charge in [0.05, 0.1) is 0 Å². The number of rotatable bonds is 1. The van der Waals surface area contributed by atoms with Crippen LogP contribution in [0.1, 0.15) is 53.9 Å². The van der Waals surface area contributed by atoms with Crippen LogP contribution < -0.4 is 0 Å². The smallest absolute Gasteiger partial charge is 0.229 e. The number of carbonyl (C=O) groups excluding carboxylic acids is 2. The zero-order valence-electron chi connectivity index (χ0n) is 14.3. The minimum absolute atomic E-state index is 0.223. The average Bonchev–Trinajstić information content (AvgIpc) is 2.45. The van der Waals surface area contributed by atoms with Crippen LogP contribution in [0.2, 0.25) is 0 Å². The summed E-state index contributed by atoms with van der Waals surface area (Å²) in [6, 6.07) is 0. The third-order valence-electron chi connectivity index (χ3n) is 5.74. The van der Waals surface area contributed by atoms with Gasteiger partial charge in [-0.25, -0.2) is 0 Å². The van der Waals surface area contributed by atoms with Crippen LogP contribution in [0.15, 0.2) is 33.9 Å². The maximum absolute atomic E-state index is 12.6. The van der Waals surface area contributed by atoms with Crippen molar-refractivity contribution in [2.45, 2.75) is 53.9 Å². The molecule has 0 aromatic rings. The molecule has 0 saturated heterocycles. The van der Waals surface area contributed by atoms with Gasteiger partial charge in [-0.3, -0.25) is 9.59 Å². The zero-order chi connectivity index (χ0) is 16.2. The summed E-state index contributed by atoms with van der Waals surface area (Å²) in [5.74, 6) is 1.04. The Kier molecular flexibility index (Phi) is 3.74. The molecule has 0 bridgehead atoms. The first-order valence-corrected chi connectivity index (χ1v) is 8.52. The summed E-state index contributed by atoms with van der Waals surface area (Å²) < 4.78 is 0. The second-order valence-corrected chi connectivity index (χ2v) is 7.68. The summed E-state index contributed by atoms with van der Waals surface area (Å²) in [6.45, 7) is 10.5. The highest BCUT2D eigenvalue weighted by Gasteiger charge is 2.46. The molecule has 2 nitrogen and oxygen atoms in total. The second-order valence-electron chi connectivity index (χ2n) is 7.68. The summed E-state index contributed by atoms with van der Waals surface area (Å²) in [4.78, 5) is 25.1. The number of allylic oxidation sites excluding steroid dienone is 6. The summed E-state index contributed by atoms with van der Waals surface area (Å²) in [5.41, 5.74) is 5.28. The molecule has 2 heteroatoms. The quantitative estimate of drug-likeness (QED) is 0.408. The molecule has 3 rings (SSSR count). The average molecular weight is 298 g/mol. The summed E-state index contributed by atoms with van der Waals surface area (Å²) in [5, 5.41) is 0. The highest BCUT2D eigenvalue weighted by molar-refractivity contribution is 6.50. The van der Waals surface area contributed by atoms with E-state index in [-0.39, 0.29) is 23.4 Å². The molecular weight excluding hydrogens is 272 g/mol. The van der Waals surface area contributed by atoms with Gasteiger partial charge in [0.2, 0.25) is 11.6 Å². The van der Waals surface area contributed by atoms with Gasteiger partial charge >= 0.3 is 0 Å². The molecule has 0 aliphatic heterocycles. The Bertz CT molecular complexity index is 641. The molecule has 0 spiro atoms. The van der Waals surface area contributed by atoms with Gasteiger partial charge in [0.15, 0.2) is 0 Å². The molecule has 118 valence electrons. The maximum Gasteiger partial charge on any atom is 0.229 e. The van der Waals surface area contributed by atoms with Crippen molar-refractivity contribution in [3.05, 3.63) is 33.9 Å². The van der Waals surface area contributed by atoms with E-state index in [0.29, 0.717) is 17.4 Å². The fourth-order valence-corrected chi connectivity index (χ4v) is 4.71. The molecule has 22 heavy (non-hydrogen) atoms. The van der Waals surface area contributed by atoms with E-state index < -0.39 is 0 Å². The fraction of sp³-hybridized carbons (Fsp3) is 0.600. The lowest BCUT2D eigenvalue weighted by Gasteiger charge is -2.45.